The third-order valence-electron chi connectivity index (χ3n) is 2.61. The Morgan fingerprint density at radius 1 is 1.24 bits per heavy atom. The van der Waals surface area contributed by atoms with Crippen molar-refractivity contribution in [3.8, 4) is 23.1 Å². The van der Waals surface area contributed by atoms with Crippen LogP contribution in [0.25, 0.3) is 11.1 Å². The zero-order chi connectivity index (χ0) is 12.3. The lowest BCUT2D eigenvalue weighted by molar-refractivity contribution is 0.399. The Labute approximate surface area is 100 Å². The van der Waals surface area contributed by atoms with Gasteiger partial charge in [-0.2, -0.15) is 5.26 Å². The van der Waals surface area contributed by atoms with Crippen molar-refractivity contribution in [2.45, 2.75) is 6.92 Å². The molecule has 0 N–H and O–H groups in total. The van der Waals surface area contributed by atoms with Crippen LogP contribution in [0, 0.1) is 18.3 Å². The smallest absolute Gasteiger partial charge is 0.221 e. The Bertz CT molecular complexity index is 585. The second-order valence-corrected chi connectivity index (χ2v) is 3.71. The number of methoxy groups -OCH3 is 1. The minimum atomic E-state index is 0.532. The summed E-state index contributed by atoms with van der Waals surface area (Å²) >= 11 is 0. The van der Waals surface area contributed by atoms with E-state index < -0.39 is 0 Å². The Balaban J connectivity index is 2.65. The van der Waals surface area contributed by atoms with E-state index >= 15 is 0 Å². The predicted molar refractivity (Wildman–Crippen MR) is 65.7 cm³/mol. The largest absolute Gasteiger partial charge is 0.481 e. The van der Waals surface area contributed by atoms with Crippen LogP contribution in [0.15, 0.2) is 36.5 Å². The van der Waals surface area contributed by atoms with Crippen molar-refractivity contribution in [3.05, 3.63) is 47.7 Å². The second kappa shape index (κ2) is 4.67. The molecular formula is C14H12N2O. The molecule has 0 aliphatic carbocycles. The zero-order valence-corrected chi connectivity index (χ0v) is 9.77. The summed E-state index contributed by atoms with van der Waals surface area (Å²) in [5.74, 6) is 0.540. The van der Waals surface area contributed by atoms with Crippen LogP contribution in [0.2, 0.25) is 0 Å². The normalized spacial score (nSPS) is 9.71. The van der Waals surface area contributed by atoms with Gasteiger partial charge in [-0.05, 0) is 24.1 Å². The first-order chi connectivity index (χ1) is 8.26. The van der Waals surface area contributed by atoms with Gasteiger partial charge in [0.1, 0.15) is 6.07 Å². The molecular weight excluding hydrogens is 212 g/mol. The number of aromatic nitrogens is 1. The molecule has 3 nitrogen and oxygen atoms in total. The van der Waals surface area contributed by atoms with Gasteiger partial charge in [0.2, 0.25) is 5.88 Å². The number of ether oxygens (including phenoxy) is 1. The first kappa shape index (κ1) is 11.2. The standard InChI is InChI=1S/C14H12N2O/c1-10-5-3-4-6-12(10)13-7-11(8-15)9-16-14(13)17-2/h3-7,9H,1-2H3. The average molecular weight is 224 g/mol. The fraction of sp³-hybridized carbons (Fsp3) is 0.143. The van der Waals surface area contributed by atoms with E-state index in [-0.39, 0.29) is 0 Å². The van der Waals surface area contributed by atoms with E-state index in [1.54, 1.807) is 13.2 Å². The number of pyridine rings is 1. The predicted octanol–water partition coefficient (Wildman–Crippen LogP) is 2.94. The summed E-state index contributed by atoms with van der Waals surface area (Å²) in [4.78, 5) is 4.14. The number of rotatable bonds is 2. The first-order valence-corrected chi connectivity index (χ1v) is 5.26. The number of hydrogen-bond donors (Lipinski definition) is 0. The fourth-order valence-corrected chi connectivity index (χ4v) is 1.74. The molecule has 0 unspecified atom stereocenters. The number of nitrogens with zero attached hydrogens (tertiary/aromatic N) is 2. The van der Waals surface area contributed by atoms with Crippen molar-refractivity contribution in [2.75, 3.05) is 7.11 Å². The Hall–Kier alpha value is -2.34. The Morgan fingerprint density at radius 2 is 2.00 bits per heavy atom. The summed E-state index contributed by atoms with van der Waals surface area (Å²) in [6.07, 6.45) is 1.51. The van der Waals surface area contributed by atoms with Gasteiger partial charge in [-0.25, -0.2) is 4.98 Å². The van der Waals surface area contributed by atoms with E-state index in [0.717, 1.165) is 16.7 Å². The third kappa shape index (κ3) is 2.11. The number of nitriles is 1. The lowest BCUT2D eigenvalue weighted by Crippen LogP contribution is -1.94. The van der Waals surface area contributed by atoms with Crippen LogP contribution in [0.3, 0.4) is 0 Å². The quantitative estimate of drug-likeness (QED) is 0.787. The molecule has 0 saturated carbocycles. The maximum atomic E-state index is 8.91. The minimum Gasteiger partial charge on any atom is -0.481 e. The van der Waals surface area contributed by atoms with Gasteiger partial charge in [0, 0.05) is 11.8 Å². The van der Waals surface area contributed by atoms with E-state index in [4.69, 9.17) is 10.00 Å². The molecule has 2 aromatic rings. The van der Waals surface area contributed by atoms with Gasteiger partial charge in [-0.15, -0.1) is 0 Å². The Morgan fingerprint density at radius 3 is 2.65 bits per heavy atom. The fourth-order valence-electron chi connectivity index (χ4n) is 1.74. The van der Waals surface area contributed by atoms with E-state index in [1.807, 2.05) is 31.2 Å². The molecule has 1 heterocycles. The van der Waals surface area contributed by atoms with Gasteiger partial charge in [0.15, 0.2) is 0 Å². The molecule has 0 fully saturated rings. The van der Waals surface area contributed by atoms with E-state index in [9.17, 15) is 0 Å². The zero-order valence-electron chi connectivity index (χ0n) is 9.77. The van der Waals surface area contributed by atoms with Crippen LogP contribution in [0.1, 0.15) is 11.1 Å². The SMILES string of the molecule is COc1ncc(C#N)cc1-c1ccccc1C. The van der Waals surface area contributed by atoms with Gasteiger partial charge >= 0.3 is 0 Å². The highest BCUT2D eigenvalue weighted by Gasteiger charge is 2.10. The number of benzene rings is 1. The van der Waals surface area contributed by atoms with Crippen LogP contribution >= 0.6 is 0 Å². The monoisotopic (exact) mass is 224 g/mol. The lowest BCUT2D eigenvalue weighted by atomic mass is 10.0. The van der Waals surface area contributed by atoms with Gasteiger partial charge in [0.05, 0.1) is 12.7 Å². The highest BCUT2D eigenvalue weighted by atomic mass is 16.5. The van der Waals surface area contributed by atoms with Crippen molar-refractivity contribution in [3.63, 3.8) is 0 Å². The highest BCUT2D eigenvalue weighted by Crippen LogP contribution is 2.30. The van der Waals surface area contributed by atoms with Crippen molar-refractivity contribution < 1.29 is 4.74 Å². The van der Waals surface area contributed by atoms with Gasteiger partial charge in [0.25, 0.3) is 0 Å². The van der Waals surface area contributed by atoms with Gasteiger partial charge in [-0.3, -0.25) is 0 Å². The lowest BCUT2D eigenvalue weighted by Gasteiger charge is -2.09. The molecule has 0 spiro atoms. The molecule has 0 radical (unpaired) electrons. The summed E-state index contributed by atoms with van der Waals surface area (Å²) in [7, 11) is 1.58. The summed E-state index contributed by atoms with van der Waals surface area (Å²) in [5.41, 5.74) is 3.55. The molecule has 0 atom stereocenters. The van der Waals surface area contributed by atoms with E-state index in [0.29, 0.717) is 11.4 Å². The topological polar surface area (TPSA) is 45.9 Å². The van der Waals surface area contributed by atoms with Crippen LogP contribution in [0.4, 0.5) is 0 Å². The van der Waals surface area contributed by atoms with Crippen LogP contribution in [0.5, 0.6) is 5.88 Å². The molecule has 17 heavy (non-hydrogen) atoms. The summed E-state index contributed by atoms with van der Waals surface area (Å²) < 4.78 is 5.23. The van der Waals surface area contributed by atoms with Crippen molar-refractivity contribution in [1.82, 2.24) is 4.98 Å². The summed E-state index contributed by atoms with van der Waals surface area (Å²) in [6, 6.07) is 11.8. The third-order valence-corrected chi connectivity index (χ3v) is 2.61. The van der Waals surface area contributed by atoms with E-state index in [2.05, 4.69) is 11.1 Å². The molecule has 1 aromatic carbocycles. The second-order valence-electron chi connectivity index (χ2n) is 3.71. The maximum absolute atomic E-state index is 8.91. The van der Waals surface area contributed by atoms with Crippen LogP contribution in [-0.2, 0) is 0 Å². The first-order valence-electron chi connectivity index (χ1n) is 5.26. The molecule has 1 aromatic heterocycles. The van der Waals surface area contributed by atoms with Gasteiger partial charge < -0.3 is 4.74 Å². The summed E-state index contributed by atoms with van der Waals surface area (Å²) in [5, 5.41) is 8.91. The van der Waals surface area contributed by atoms with Crippen LogP contribution in [-0.4, -0.2) is 12.1 Å². The number of hydrogen-bond acceptors (Lipinski definition) is 3. The average Bonchev–Trinajstić information content (AvgIpc) is 2.38. The van der Waals surface area contributed by atoms with Crippen LogP contribution < -0.4 is 4.74 Å². The highest BCUT2D eigenvalue weighted by molar-refractivity contribution is 5.72. The minimum absolute atomic E-state index is 0.532. The molecule has 84 valence electrons. The number of aryl methyl sites for hydroxylation is 1. The molecule has 0 bridgehead atoms. The van der Waals surface area contributed by atoms with Gasteiger partial charge in [-0.1, -0.05) is 24.3 Å². The molecule has 0 aliphatic heterocycles. The van der Waals surface area contributed by atoms with Crippen molar-refractivity contribution in [2.24, 2.45) is 0 Å². The van der Waals surface area contributed by atoms with E-state index in [1.165, 1.54) is 6.20 Å². The molecule has 0 saturated heterocycles. The summed E-state index contributed by atoms with van der Waals surface area (Å²) in [6.45, 7) is 2.02. The molecule has 3 heteroatoms. The molecule has 2 rings (SSSR count). The van der Waals surface area contributed by atoms with Crippen molar-refractivity contribution in [1.29, 1.82) is 5.26 Å². The molecule has 0 aliphatic rings. The molecule has 0 amide bonds. The Kier molecular flexibility index (Phi) is 3.06. The maximum Gasteiger partial charge on any atom is 0.221 e. The van der Waals surface area contributed by atoms with Crippen molar-refractivity contribution >= 4 is 0 Å².